The lowest BCUT2D eigenvalue weighted by molar-refractivity contribution is 0.0690. The van der Waals surface area contributed by atoms with E-state index < -0.39 is 0 Å². The van der Waals surface area contributed by atoms with Crippen molar-refractivity contribution in [1.82, 2.24) is 0 Å². The first-order valence-corrected chi connectivity index (χ1v) is 8.12. The lowest BCUT2D eigenvalue weighted by Crippen LogP contribution is -2.29. The Bertz CT molecular complexity index is 575. The van der Waals surface area contributed by atoms with Gasteiger partial charge < -0.3 is 4.74 Å². The molecule has 1 aliphatic heterocycles. The summed E-state index contributed by atoms with van der Waals surface area (Å²) in [6.07, 6.45) is -0.186. The van der Waals surface area contributed by atoms with Crippen molar-refractivity contribution in [3.05, 3.63) is 65.7 Å². The Balaban J connectivity index is 0.000000561. The lowest BCUT2D eigenvalue weighted by Gasteiger charge is -2.30. The second-order valence-electron chi connectivity index (χ2n) is 4.60. The molecule has 0 aliphatic carbocycles. The van der Waals surface area contributed by atoms with Gasteiger partial charge in [-0.3, -0.25) is 4.79 Å². The predicted molar refractivity (Wildman–Crippen MR) is 92.4 cm³/mol. The number of fused-ring (bicyclic) bond motifs is 1. The van der Waals surface area contributed by atoms with Crippen molar-refractivity contribution in [1.29, 1.82) is 0 Å². The predicted octanol–water partition coefficient (Wildman–Crippen LogP) is 5.69. The van der Waals surface area contributed by atoms with Crippen molar-refractivity contribution >= 4 is 5.78 Å². The van der Waals surface area contributed by atoms with Crippen LogP contribution in [0.1, 0.15) is 56.6 Å². The van der Waals surface area contributed by atoms with Crippen LogP contribution in [-0.4, -0.2) is 5.78 Å². The fraction of sp³-hybridized carbons (Fsp3) is 0.350. The van der Waals surface area contributed by atoms with Crippen molar-refractivity contribution in [2.75, 3.05) is 0 Å². The van der Waals surface area contributed by atoms with Gasteiger partial charge >= 0.3 is 0 Å². The quantitative estimate of drug-likeness (QED) is 0.676. The summed E-state index contributed by atoms with van der Waals surface area (Å²) >= 11 is 0. The number of hydrogen-bond acceptors (Lipinski definition) is 2. The number of carbonyl (C=O) groups excluding carboxylic acids is 1. The molecule has 2 nitrogen and oxygen atoms in total. The molecule has 0 saturated heterocycles. The molecule has 0 amide bonds. The van der Waals surface area contributed by atoms with Crippen LogP contribution < -0.4 is 4.74 Å². The molecule has 1 heterocycles. The Labute approximate surface area is 134 Å². The fourth-order valence-corrected chi connectivity index (χ4v) is 2.39. The van der Waals surface area contributed by atoms with Gasteiger partial charge in [0.2, 0.25) is 0 Å². The summed E-state index contributed by atoms with van der Waals surface area (Å²) in [6, 6.07) is 17.4. The van der Waals surface area contributed by atoms with E-state index in [1.807, 2.05) is 89.2 Å². The van der Waals surface area contributed by atoms with Gasteiger partial charge in [0.05, 0.1) is 11.5 Å². The van der Waals surface area contributed by atoms with E-state index in [9.17, 15) is 4.79 Å². The molecule has 0 radical (unpaired) electrons. The molecule has 2 aromatic carbocycles. The van der Waals surface area contributed by atoms with Gasteiger partial charge in [-0.1, -0.05) is 77.1 Å². The number of para-hydroxylation sites is 1. The number of rotatable bonds is 1. The summed E-state index contributed by atoms with van der Waals surface area (Å²) < 4.78 is 5.98. The molecule has 0 N–H and O–H groups in total. The third-order valence-electron chi connectivity index (χ3n) is 3.40. The molecule has 2 heteroatoms. The molecule has 2 aromatic rings. The monoisotopic (exact) mass is 298 g/mol. The summed E-state index contributed by atoms with van der Waals surface area (Å²) in [7, 11) is 0. The van der Waals surface area contributed by atoms with Crippen LogP contribution in [0.5, 0.6) is 5.75 Å². The van der Waals surface area contributed by atoms with Crippen molar-refractivity contribution in [3.63, 3.8) is 0 Å². The van der Waals surface area contributed by atoms with Gasteiger partial charge in [-0.2, -0.15) is 0 Å². The molecule has 22 heavy (non-hydrogen) atoms. The first-order chi connectivity index (χ1) is 10.8. The zero-order chi connectivity index (χ0) is 16.5. The molecule has 0 spiro atoms. The van der Waals surface area contributed by atoms with Gasteiger partial charge in [0.25, 0.3) is 0 Å². The van der Waals surface area contributed by atoms with Crippen molar-refractivity contribution in [2.24, 2.45) is 5.92 Å². The van der Waals surface area contributed by atoms with E-state index in [0.29, 0.717) is 11.3 Å². The Kier molecular flexibility index (Phi) is 7.38. The zero-order valence-electron chi connectivity index (χ0n) is 14.2. The Morgan fingerprint density at radius 2 is 1.36 bits per heavy atom. The molecule has 1 aliphatic rings. The summed E-state index contributed by atoms with van der Waals surface area (Å²) in [5, 5.41) is 0. The highest BCUT2D eigenvalue weighted by Gasteiger charge is 2.34. The number of carbonyl (C=O) groups is 1. The highest BCUT2D eigenvalue weighted by molar-refractivity contribution is 6.01. The van der Waals surface area contributed by atoms with E-state index in [1.54, 1.807) is 0 Å². The maximum absolute atomic E-state index is 12.3. The van der Waals surface area contributed by atoms with Gasteiger partial charge in [0, 0.05) is 0 Å². The van der Waals surface area contributed by atoms with E-state index in [-0.39, 0.29) is 17.8 Å². The minimum atomic E-state index is -0.186. The zero-order valence-corrected chi connectivity index (χ0v) is 14.2. The maximum Gasteiger partial charge on any atom is 0.173 e. The molecule has 2 atom stereocenters. The fourth-order valence-electron chi connectivity index (χ4n) is 2.39. The van der Waals surface area contributed by atoms with Crippen molar-refractivity contribution < 1.29 is 9.53 Å². The van der Waals surface area contributed by atoms with Crippen LogP contribution in [-0.2, 0) is 0 Å². The van der Waals surface area contributed by atoms with Crippen LogP contribution in [0.3, 0.4) is 0 Å². The summed E-state index contributed by atoms with van der Waals surface area (Å²) in [5.41, 5.74) is 1.74. The lowest BCUT2D eigenvalue weighted by atomic mass is 9.87. The largest absolute Gasteiger partial charge is 0.484 e. The van der Waals surface area contributed by atoms with Gasteiger partial charge in [-0.15, -0.1) is 0 Å². The average molecular weight is 298 g/mol. The SMILES string of the molecule is CC.CC.CC1C(=O)c2ccccc2OC1c1ccccc1. The number of ketones is 1. The molecule has 118 valence electrons. The first-order valence-electron chi connectivity index (χ1n) is 8.12. The molecular formula is C20H26O2. The number of ether oxygens (including phenoxy) is 1. The van der Waals surface area contributed by atoms with Crippen LogP contribution in [0.4, 0.5) is 0 Å². The van der Waals surface area contributed by atoms with Gasteiger partial charge in [0.15, 0.2) is 5.78 Å². The number of benzene rings is 2. The first kappa shape index (κ1) is 18.0. The smallest absolute Gasteiger partial charge is 0.173 e. The minimum absolute atomic E-state index is 0.151. The molecule has 0 bridgehead atoms. The molecule has 0 saturated carbocycles. The number of Topliss-reactive ketones (excluding diaryl/α,β-unsaturated/α-hetero) is 1. The molecule has 2 unspecified atom stereocenters. The van der Waals surface area contributed by atoms with E-state index >= 15 is 0 Å². The van der Waals surface area contributed by atoms with Crippen LogP contribution in [0.15, 0.2) is 54.6 Å². The van der Waals surface area contributed by atoms with Gasteiger partial charge in [0.1, 0.15) is 11.9 Å². The summed E-state index contributed by atoms with van der Waals surface area (Å²) in [5.74, 6) is 0.697. The highest BCUT2D eigenvalue weighted by atomic mass is 16.5. The van der Waals surface area contributed by atoms with E-state index in [0.717, 1.165) is 5.56 Å². The second kappa shape index (κ2) is 9.04. The topological polar surface area (TPSA) is 26.3 Å². The Hall–Kier alpha value is -2.09. The standard InChI is InChI=1S/C16H14O2.2C2H6/c1-11-15(17)13-9-5-6-10-14(13)18-16(11)12-7-3-2-4-8-12;2*1-2/h2-11,16H,1H3;2*1-2H3. The summed E-state index contributed by atoms with van der Waals surface area (Å²) in [6.45, 7) is 9.93. The van der Waals surface area contributed by atoms with Gasteiger partial charge in [-0.25, -0.2) is 0 Å². The minimum Gasteiger partial charge on any atom is -0.484 e. The van der Waals surface area contributed by atoms with Crippen molar-refractivity contribution in [2.45, 2.75) is 40.7 Å². The maximum atomic E-state index is 12.3. The third-order valence-corrected chi connectivity index (χ3v) is 3.40. The van der Waals surface area contributed by atoms with Crippen molar-refractivity contribution in [3.8, 4) is 5.75 Å². The number of hydrogen-bond donors (Lipinski definition) is 0. The molecular weight excluding hydrogens is 272 g/mol. The van der Waals surface area contributed by atoms with E-state index in [1.165, 1.54) is 0 Å². The molecule has 3 rings (SSSR count). The van der Waals surface area contributed by atoms with Crippen LogP contribution in [0.25, 0.3) is 0 Å². The third kappa shape index (κ3) is 3.76. The van der Waals surface area contributed by atoms with Crippen LogP contribution >= 0.6 is 0 Å². The molecule has 0 aromatic heterocycles. The van der Waals surface area contributed by atoms with Crippen LogP contribution in [0, 0.1) is 5.92 Å². The highest BCUT2D eigenvalue weighted by Crippen LogP contribution is 2.38. The normalized spacial score (nSPS) is 18.7. The van der Waals surface area contributed by atoms with E-state index in [4.69, 9.17) is 4.74 Å². The Morgan fingerprint density at radius 3 is 2.00 bits per heavy atom. The van der Waals surface area contributed by atoms with E-state index in [2.05, 4.69) is 0 Å². The Morgan fingerprint density at radius 1 is 0.818 bits per heavy atom. The van der Waals surface area contributed by atoms with Crippen LogP contribution in [0.2, 0.25) is 0 Å². The van der Waals surface area contributed by atoms with Gasteiger partial charge in [-0.05, 0) is 17.7 Å². The molecule has 0 fully saturated rings. The second-order valence-corrected chi connectivity index (χ2v) is 4.60. The average Bonchev–Trinajstić information content (AvgIpc) is 2.62. The summed E-state index contributed by atoms with van der Waals surface area (Å²) in [4.78, 5) is 12.3.